The van der Waals surface area contributed by atoms with Crippen LogP contribution >= 0.6 is 0 Å². The summed E-state index contributed by atoms with van der Waals surface area (Å²) in [5, 5.41) is 3.31. The monoisotopic (exact) mass is 285 g/mol. The molecule has 0 bridgehead atoms. The summed E-state index contributed by atoms with van der Waals surface area (Å²) in [6.45, 7) is 8.99. The number of rotatable bonds is 6. The van der Waals surface area contributed by atoms with E-state index in [4.69, 9.17) is 4.74 Å². The van der Waals surface area contributed by atoms with Gasteiger partial charge < -0.3 is 10.1 Å². The first-order valence-corrected chi connectivity index (χ1v) is 7.45. The molecule has 0 saturated heterocycles. The zero-order valence-corrected chi connectivity index (χ0v) is 13.2. The second kappa shape index (κ2) is 7.07. The number of para-hydroxylation sites is 1. The Morgan fingerprint density at radius 3 is 2.67 bits per heavy atom. The van der Waals surface area contributed by atoms with E-state index in [1.54, 1.807) is 0 Å². The highest BCUT2D eigenvalue weighted by Gasteiger charge is 2.10. The zero-order valence-electron chi connectivity index (χ0n) is 13.2. The second-order valence-electron chi connectivity index (χ2n) is 5.28. The molecule has 1 aromatic carbocycles. The van der Waals surface area contributed by atoms with Gasteiger partial charge in [-0.05, 0) is 39.3 Å². The average molecular weight is 285 g/mol. The lowest BCUT2D eigenvalue weighted by molar-refractivity contribution is 0.243. The van der Waals surface area contributed by atoms with Crippen molar-refractivity contribution in [1.82, 2.24) is 9.97 Å². The van der Waals surface area contributed by atoms with Crippen LogP contribution in [0.1, 0.15) is 33.0 Å². The molecule has 112 valence electrons. The molecule has 0 atom stereocenters. The van der Waals surface area contributed by atoms with Crippen molar-refractivity contribution < 1.29 is 4.74 Å². The predicted molar refractivity (Wildman–Crippen MR) is 86.7 cm³/mol. The molecule has 2 rings (SSSR count). The van der Waals surface area contributed by atoms with Gasteiger partial charge in [0, 0.05) is 18.2 Å². The van der Waals surface area contributed by atoms with Crippen LogP contribution in [-0.2, 0) is 0 Å². The van der Waals surface area contributed by atoms with Crippen LogP contribution < -0.4 is 10.1 Å². The van der Waals surface area contributed by atoms with Crippen LogP contribution in [-0.4, -0.2) is 22.6 Å². The molecule has 2 aromatic rings. The van der Waals surface area contributed by atoms with Gasteiger partial charge in [-0.2, -0.15) is 0 Å². The van der Waals surface area contributed by atoms with Crippen molar-refractivity contribution in [3.63, 3.8) is 0 Å². The fourth-order valence-electron chi connectivity index (χ4n) is 2.08. The molecule has 1 heterocycles. The summed E-state index contributed by atoms with van der Waals surface area (Å²) in [4.78, 5) is 8.97. The second-order valence-corrected chi connectivity index (χ2v) is 5.28. The van der Waals surface area contributed by atoms with E-state index in [9.17, 15) is 0 Å². The summed E-state index contributed by atoms with van der Waals surface area (Å²) in [6, 6.07) is 9.96. The summed E-state index contributed by atoms with van der Waals surface area (Å²) < 4.78 is 5.88. The SMILES string of the molecule is CCCNc1cc(-c2ccccc2OC(C)C)nc(C)n1. The van der Waals surface area contributed by atoms with Crippen LogP contribution in [0.15, 0.2) is 30.3 Å². The van der Waals surface area contributed by atoms with Crippen LogP contribution in [0.4, 0.5) is 5.82 Å². The van der Waals surface area contributed by atoms with Gasteiger partial charge >= 0.3 is 0 Å². The van der Waals surface area contributed by atoms with Gasteiger partial charge in [0.05, 0.1) is 11.8 Å². The maximum atomic E-state index is 5.88. The minimum Gasteiger partial charge on any atom is -0.490 e. The van der Waals surface area contributed by atoms with Gasteiger partial charge in [0.25, 0.3) is 0 Å². The van der Waals surface area contributed by atoms with E-state index in [2.05, 4.69) is 22.2 Å². The molecule has 0 unspecified atom stereocenters. The number of nitrogens with one attached hydrogen (secondary N) is 1. The van der Waals surface area contributed by atoms with E-state index in [0.717, 1.165) is 41.6 Å². The van der Waals surface area contributed by atoms with E-state index in [-0.39, 0.29) is 6.10 Å². The molecular weight excluding hydrogens is 262 g/mol. The number of ether oxygens (including phenoxy) is 1. The zero-order chi connectivity index (χ0) is 15.2. The number of anilines is 1. The van der Waals surface area contributed by atoms with Crippen molar-refractivity contribution in [3.05, 3.63) is 36.2 Å². The summed E-state index contributed by atoms with van der Waals surface area (Å²) in [6.07, 6.45) is 1.19. The van der Waals surface area contributed by atoms with Gasteiger partial charge in [0.1, 0.15) is 17.4 Å². The number of hydrogen-bond acceptors (Lipinski definition) is 4. The molecule has 0 spiro atoms. The smallest absolute Gasteiger partial charge is 0.130 e. The summed E-state index contributed by atoms with van der Waals surface area (Å²) in [5.74, 6) is 2.47. The van der Waals surface area contributed by atoms with E-state index in [1.165, 1.54) is 0 Å². The molecule has 4 heteroatoms. The number of nitrogens with zero attached hydrogens (tertiary/aromatic N) is 2. The maximum absolute atomic E-state index is 5.88. The van der Waals surface area contributed by atoms with Gasteiger partial charge in [-0.25, -0.2) is 9.97 Å². The lowest BCUT2D eigenvalue weighted by Crippen LogP contribution is -2.07. The van der Waals surface area contributed by atoms with Crippen molar-refractivity contribution >= 4 is 5.82 Å². The van der Waals surface area contributed by atoms with Gasteiger partial charge in [0.15, 0.2) is 0 Å². The molecule has 0 aliphatic carbocycles. The third-order valence-electron chi connectivity index (χ3n) is 2.92. The largest absolute Gasteiger partial charge is 0.490 e. The molecule has 1 aromatic heterocycles. The number of hydrogen-bond donors (Lipinski definition) is 1. The Hall–Kier alpha value is -2.10. The predicted octanol–water partition coefficient (Wildman–Crippen LogP) is 4.06. The molecule has 1 N–H and O–H groups in total. The fraction of sp³-hybridized carbons (Fsp3) is 0.412. The number of aryl methyl sites for hydroxylation is 1. The van der Waals surface area contributed by atoms with E-state index < -0.39 is 0 Å². The lowest BCUT2D eigenvalue weighted by atomic mass is 10.1. The average Bonchev–Trinajstić information content (AvgIpc) is 2.44. The Kier molecular flexibility index (Phi) is 5.14. The van der Waals surface area contributed by atoms with Crippen molar-refractivity contribution in [2.24, 2.45) is 0 Å². The highest BCUT2D eigenvalue weighted by Crippen LogP contribution is 2.30. The number of benzene rings is 1. The van der Waals surface area contributed by atoms with Crippen LogP contribution in [0.2, 0.25) is 0 Å². The molecule has 0 radical (unpaired) electrons. The molecule has 0 saturated carbocycles. The summed E-state index contributed by atoms with van der Waals surface area (Å²) >= 11 is 0. The van der Waals surface area contributed by atoms with Gasteiger partial charge in [-0.15, -0.1) is 0 Å². The first-order valence-electron chi connectivity index (χ1n) is 7.45. The Morgan fingerprint density at radius 2 is 1.95 bits per heavy atom. The van der Waals surface area contributed by atoms with Crippen LogP contribution in [0, 0.1) is 6.92 Å². The third kappa shape index (κ3) is 4.18. The Bertz CT molecular complexity index is 596. The molecule has 4 nitrogen and oxygen atoms in total. The Morgan fingerprint density at radius 1 is 1.19 bits per heavy atom. The lowest BCUT2D eigenvalue weighted by Gasteiger charge is -2.14. The molecule has 0 fully saturated rings. The van der Waals surface area contributed by atoms with Gasteiger partial charge in [0.2, 0.25) is 0 Å². The van der Waals surface area contributed by atoms with Crippen LogP contribution in [0.25, 0.3) is 11.3 Å². The van der Waals surface area contributed by atoms with E-state index >= 15 is 0 Å². The first kappa shape index (κ1) is 15.3. The van der Waals surface area contributed by atoms with Gasteiger partial charge in [-0.1, -0.05) is 19.1 Å². The van der Waals surface area contributed by atoms with Crippen molar-refractivity contribution in [1.29, 1.82) is 0 Å². The number of aromatic nitrogens is 2. The van der Waals surface area contributed by atoms with Gasteiger partial charge in [-0.3, -0.25) is 0 Å². The van der Waals surface area contributed by atoms with Crippen molar-refractivity contribution in [2.75, 3.05) is 11.9 Å². The van der Waals surface area contributed by atoms with Crippen LogP contribution in [0.3, 0.4) is 0 Å². The molecular formula is C17H23N3O. The topological polar surface area (TPSA) is 47.0 Å². The van der Waals surface area contributed by atoms with Crippen molar-refractivity contribution in [3.8, 4) is 17.0 Å². The molecule has 0 aliphatic heterocycles. The standard InChI is InChI=1S/C17H23N3O/c1-5-10-18-17-11-15(19-13(4)20-17)14-8-6-7-9-16(14)21-12(2)3/h6-9,11-12H,5,10H2,1-4H3,(H,18,19,20). The Balaban J connectivity index is 2.39. The third-order valence-corrected chi connectivity index (χ3v) is 2.92. The summed E-state index contributed by atoms with van der Waals surface area (Å²) in [5.41, 5.74) is 1.88. The first-order chi connectivity index (χ1) is 10.1. The highest BCUT2D eigenvalue weighted by molar-refractivity contribution is 5.69. The minimum atomic E-state index is 0.131. The Labute approximate surface area is 126 Å². The maximum Gasteiger partial charge on any atom is 0.130 e. The molecule has 0 aliphatic rings. The van der Waals surface area contributed by atoms with E-state index in [1.807, 2.05) is 51.1 Å². The van der Waals surface area contributed by atoms with E-state index in [0.29, 0.717) is 0 Å². The highest BCUT2D eigenvalue weighted by atomic mass is 16.5. The van der Waals surface area contributed by atoms with Crippen LogP contribution in [0.5, 0.6) is 5.75 Å². The fourth-order valence-corrected chi connectivity index (χ4v) is 2.08. The minimum absolute atomic E-state index is 0.131. The van der Waals surface area contributed by atoms with Crippen molar-refractivity contribution in [2.45, 2.75) is 40.2 Å². The molecule has 21 heavy (non-hydrogen) atoms. The quantitative estimate of drug-likeness (QED) is 0.869. The summed E-state index contributed by atoms with van der Waals surface area (Å²) in [7, 11) is 0. The molecule has 0 amide bonds. The normalized spacial score (nSPS) is 10.7.